The molecule has 0 fully saturated rings. The predicted molar refractivity (Wildman–Crippen MR) is 96.8 cm³/mol. The Kier molecular flexibility index (Phi) is 4.37. The maximum absolute atomic E-state index is 13.0. The first-order valence-electron chi connectivity index (χ1n) is 8.31. The van der Waals surface area contributed by atoms with E-state index in [4.69, 9.17) is 4.84 Å². The van der Waals surface area contributed by atoms with Gasteiger partial charge in [0.25, 0.3) is 0 Å². The van der Waals surface area contributed by atoms with E-state index < -0.39 is 6.09 Å². The molecule has 0 aliphatic carbocycles. The lowest BCUT2D eigenvalue weighted by Gasteiger charge is -2.24. The Labute approximate surface area is 149 Å². The van der Waals surface area contributed by atoms with Crippen LogP contribution >= 0.6 is 0 Å². The van der Waals surface area contributed by atoms with Crippen molar-refractivity contribution in [1.29, 1.82) is 0 Å². The summed E-state index contributed by atoms with van der Waals surface area (Å²) in [5.41, 5.74) is 2.94. The van der Waals surface area contributed by atoms with E-state index in [9.17, 15) is 9.18 Å². The summed E-state index contributed by atoms with van der Waals surface area (Å²) in [6.07, 6.45) is 2.11. The maximum Gasteiger partial charge on any atom is 0.432 e. The molecular weight excluding hydrogens is 335 g/mol. The third-order valence-corrected chi connectivity index (χ3v) is 4.29. The summed E-state index contributed by atoms with van der Waals surface area (Å²) in [5.74, 6) is 0.183. The van der Waals surface area contributed by atoms with Crippen LogP contribution in [0.25, 0.3) is 16.5 Å². The Balaban J connectivity index is 1.36. The van der Waals surface area contributed by atoms with Gasteiger partial charge in [-0.2, -0.15) is 5.10 Å². The molecule has 1 aliphatic heterocycles. The second kappa shape index (κ2) is 6.97. The molecule has 7 heteroatoms. The lowest BCUT2D eigenvalue weighted by Crippen LogP contribution is -2.33. The highest BCUT2D eigenvalue weighted by Gasteiger charge is 2.18. The van der Waals surface area contributed by atoms with E-state index in [0.717, 1.165) is 22.0 Å². The zero-order valence-corrected chi connectivity index (χ0v) is 13.9. The van der Waals surface area contributed by atoms with Gasteiger partial charge in [-0.25, -0.2) is 9.18 Å². The summed E-state index contributed by atoms with van der Waals surface area (Å²) in [6.45, 7) is 1.04. The van der Waals surface area contributed by atoms with Gasteiger partial charge in [0.05, 0.1) is 12.1 Å². The smallest absolute Gasteiger partial charge is 0.350 e. The van der Waals surface area contributed by atoms with Crippen molar-refractivity contribution in [3.05, 3.63) is 66.0 Å². The number of amides is 1. The number of nitrogens with zero attached hydrogens (tertiary/aromatic N) is 2. The molecule has 0 atom stereocenters. The quantitative estimate of drug-likeness (QED) is 0.749. The zero-order valence-electron chi connectivity index (χ0n) is 13.9. The number of anilines is 1. The molecule has 26 heavy (non-hydrogen) atoms. The fraction of sp³-hybridized carbons (Fsp3) is 0.158. The van der Waals surface area contributed by atoms with Gasteiger partial charge in [0.15, 0.2) is 5.82 Å². The fourth-order valence-corrected chi connectivity index (χ4v) is 2.96. The van der Waals surface area contributed by atoms with Gasteiger partial charge in [0.1, 0.15) is 5.82 Å². The first kappa shape index (κ1) is 16.3. The van der Waals surface area contributed by atoms with Crippen molar-refractivity contribution in [3.63, 3.8) is 0 Å². The fourth-order valence-electron chi connectivity index (χ4n) is 2.96. The molecule has 2 heterocycles. The Morgan fingerprint density at radius 2 is 2.00 bits per heavy atom. The molecule has 6 nitrogen and oxygen atoms in total. The number of benzene rings is 2. The van der Waals surface area contributed by atoms with Crippen LogP contribution in [0.5, 0.6) is 0 Å². The standard InChI is InChI=1S/C19H17FN4O2/c20-15-7-5-13(6-8-15)14-9-11-24(12-10-14)26-19(25)21-18-16-3-1-2-4-17(16)22-23-18/h1-9H,10-12H2,(H2,21,22,23,25). The minimum atomic E-state index is -0.583. The van der Waals surface area contributed by atoms with Crippen LogP contribution in [0, 0.1) is 5.82 Å². The van der Waals surface area contributed by atoms with Crippen molar-refractivity contribution >= 4 is 28.4 Å². The first-order valence-corrected chi connectivity index (χ1v) is 8.31. The number of H-pyrrole nitrogens is 1. The van der Waals surface area contributed by atoms with Crippen molar-refractivity contribution in [2.45, 2.75) is 6.42 Å². The number of carbonyl (C=O) groups excluding carboxylic acids is 1. The number of hydroxylamine groups is 2. The van der Waals surface area contributed by atoms with Gasteiger partial charge in [-0.05, 0) is 41.8 Å². The molecule has 0 saturated carbocycles. The van der Waals surface area contributed by atoms with Crippen molar-refractivity contribution < 1.29 is 14.0 Å². The Hall–Kier alpha value is -3.19. The normalized spacial score (nSPS) is 14.9. The number of aromatic amines is 1. The molecule has 132 valence electrons. The Bertz CT molecular complexity index is 965. The van der Waals surface area contributed by atoms with Crippen LogP contribution in [0.1, 0.15) is 12.0 Å². The zero-order chi connectivity index (χ0) is 17.9. The van der Waals surface area contributed by atoms with Crippen LogP contribution in [-0.4, -0.2) is 34.4 Å². The van der Waals surface area contributed by atoms with Gasteiger partial charge in [0.2, 0.25) is 0 Å². The molecule has 2 N–H and O–H groups in total. The Morgan fingerprint density at radius 1 is 1.19 bits per heavy atom. The van der Waals surface area contributed by atoms with Crippen LogP contribution in [0.3, 0.4) is 0 Å². The number of hydrogen-bond donors (Lipinski definition) is 2. The van der Waals surface area contributed by atoms with E-state index in [1.807, 2.05) is 30.3 Å². The van der Waals surface area contributed by atoms with E-state index in [1.165, 1.54) is 12.1 Å². The summed E-state index contributed by atoms with van der Waals surface area (Å²) in [5, 5.41) is 12.0. The summed E-state index contributed by atoms with van der Waals surface area (Å²) < 4.78 is 13.0. The first-order chi connectivity index (χ1) is 12.7. The number of hydrogen-bond acceptors (Lipinski definition) is 4. The minimum absolute atomic E-state index is 0.252. The average molecular weight is 352 g/mol. The van der Waals surface area contributed by atoms with E-state index >= 15 is 0 Å². The number of aromatic nitrogens is 2. The van der Waals surface area contributed by atoms with Crippen molar-refractivity contribution in [2.75, 3.05) is 18.4 Å². The summed E-state index contributed by atoms with van der Waals surface area (Å²) in [4.78, 5) is 17.5. The number of para-hydroxylation sites is 1. The molecule has 1 aromatic heterocycles. The van der Waals surface area contributed by atoms with Gasteiger partial charge in [-0.3, -0.25) is 10.4 Å². The van der Waals surface area contributed by atoms with Crippen LogP contribution in [0.15, 0.2) is 54.6 Å². The van der Waals surface area contributed by atoms with E-state index in [1.54, 1.807) is 17.2 Å². The summed E-state index contributed by atoms with van der Waals surface area (Å²) >= 11 is 0. The number of fused-ring (bicyclic) bond motifs is 1. The average Bonchev–Trinajstić information content (AvgIpc) is 3.06. The maximum atomic E-state index is 13.0. The second-order valence-corrected chi connectivity index (χ2v) is 6.00. The van der Waals surface area contributed by atoms with Crippen LogP contribution in [0.2, 0.25) is 0 Å². The topological polar surface area (TPSA) is 70.2 Å². The van der Waals surface area contributed by atoms with Gasteiger partial charge in [0, 0.05) is 11.9 Å². The van der Waals surface area contributed by atoms with Crippen molar-refractivity contribution in [3.8, 4) is 0 Å². The SMILES string of the molecule is O=C(Nc1n[nH]c2ccccc12)ON1CC=C(c2ccc(F)cc2)CC1. The second-order valence-electron chi connectivity index (χ2n) is 6.00. The van der Waals surface area contributed by atoms with E-state index in [2.05, 4.69) is 15.5 Å². The van der Waals surface area contributed by atoms with Crippen molar-refractivity contribution in [1.82, 2.24) is 15.3 Å². The van der Waals surface area contributed by atoms with Gasteiger partial charge >= 0.3 is 6.09 Å². The highest BCUT2D eigenvalue weighted by atomic mass is 19.1. The van der Waals surface area contributed by atoms with Crippen molar-refractivity contribution in [2.24, 2.45) is 0 Å². The van der Waals surface area contributed by atoms with E-state index in [0.29, 0.717) is 25.3 Å². The molecule has 2 aromatic carbocycles. The molecule has 3 aromatic rings. The number of halogens is 1. The highest BCUT2D eigenvalue weighted by molar-refractivity contribution is 5.96. The molecular formula is C19H17FN4O2. The van der Waals surface area contributed by atoms with Crippen LogP contribution in [0.4, 0.5) is 15.0 Å². The van der Waals surface area contributed by atoms with E-state index in [-0.39, 0.29) is 5.82 Å². The summed E-state index contributed by atoms with van der Waals surface area (Å²) in [7, 11) is 0. The monoisotopic (exact) mass is 352 g/mol. The molecule has 4 rings (SSSR count). The molecule has 0 saturated heterocycles. The molecule has 0 radical (unpaired) electrons. The molecule has 0 spiro atoms. The van der Waals surface area contributed by atoms with Crippen LogP contribution in [-0.2, 0) is 4.84 Å². The van der Waals surface area contributed by atoms with Gasteiger partial charge in [-0.15, -0.1) is 5.06 Å². The molecule has 1 amide bonds. The lowest BCUT2D eigenvalue weighted by molar-refractivity contribution is -0.0851. The number of carbonyl (C=O) groups is 1. The molecule has 1 aliphatic rings. The largest absolute Gasteiger partial charge is 0.432 e. The Morgan fingerprint density at radius 3 is 2.77 bits per heavy atom. The third kappa shape index (κ3) is 3.43. The van der Waals surface area contributed by atoms with Crippen LogP contribution < -0.4 is 5.32 Å². The third-order valence-electron chi connectivity index (χ3n) is 4.29. The molecule has 0 bridgehead atoms. The predicted octanol–water partition coefficient (Wildman–Crippen LogP) is 3.95. The highest BCUT2D eigenvalue weighted by Crippen LogP contribution is 2.23. The molecule has 0 unspecified atom stereocenters. The van der Waals surface area contributed by atoms with Gasteiger partial charge < -0.3 is 4.84 Å². The minimum Gasteiger partial charge on any atom is -0.350 e. The number of rotatable bonds is 3. The summed E-state index contributed by atoms with van der Waals surface area (Å²) in [6, 6.07) is 13.9. The van der Waals surface area contributed by atoms with Gasteiger partial charge in [-0.1, -0.05) is 30.3 Å². The number of nitrogens with one attached hydrogen (secondary N) is 2. The lowest BCUT2D eigenvalue weighted by atomic mass is 10.0.